The molecule has 0 spiro atoms. The number of carbonyl (C=O) groups excluding carboxylic acids is 1. The van der Waals surface area contributed by atoms with Crippen LogP contribution < -0.4 is 10.2 Å². The van der Waals surface area contributed by atoms with Gasteiger partial charge < -0.3 is 15.1 Å². The maximum atomic E-state index is 12.4. The minimum absolute atomic E-state index is 0.208. The standard InChI is InChI=1S/C20H24ClN3O/c1-16-18(21)8-5-9-19(16)22-11-10-20(25)24-14-12-23(13-15-24)17-6-3-2-4-7-17/h2-9,22H,10-15H2,1H3. The third kappa shape index (κ3) is 4.45. The van der Waals surface area contributed by atoms with Gasteiger partial charge in [0.15, 0.2) is 0 Å². The highest BCUT2D eigenvalue weighted by atomic mass is 35.5. The number of nitrogens with zero attached hydrogens (tertiary/aromatic N) is 2. The van der Waals surface area contributed by atoms with Crippen LogP contribution in [0.15, 0.2) is 48.5 Å². The van der Waals surface area contributed by atoms with Crippen LogP contribution in [-0.2, 0) is 4.79 Å². The van der Waals surface area contributed by atoms with Crippen molar-refractivity contribution < 1.29 is 4.79 Å². The lowest BCUT2D eigenvalue weighted by Crippen LogP contribution is -2.49. The van der Waals surface area contributed by atoms with E-state index in [2.05, 4.69) is 34.5 Å². The molecular weight excluding hydrogens is 334 g/mol. The highest BCUT2D eigenvalue weighted by Crippen LogP contribution is 2.23. The van der Waals surface area contributed by atoms with Crippen LogP contribution in [0, 0.1) is 6.92 Å². The molecule has 25 heavy (non-hydrogen) atoms. The lowest BCUT2D eigenvalue weighted by Gasteiger charge is -2.36. The second-order valence-electron chi connectivity index (χ2n) is 6.29. The van der Waals surface area contributed by atoms with Gasteiger partial charge >= 0.3 is 0 Å². The Bertz CT molecular complexity index is 712. The lowest BCUT2D eigenvalue weighted by atomic mass is 10.2. The van der Waals surface area contributed by atoms with Gasteiger partial charge in [-0.3, -0.25) is 4.79 Å². The first-order chi connectivity index (χ1) is 12.1. The molecule has 1 amide bonds. The summed E-state index contributed by atoms with van der Waals surface area (Å²) in [5, 5.41) is 4.06. The number of rotatable bonds is 5. The van der Waals surface area contributed by atoms with Crippen molar-refractivity contribution in [1.29, 1.82) is 0 Å². The van der Waals surface area contributed by atoms with Gasteiger partial charge in [-0.2, -0.15) is 0 Å². The third-order valence-electron chi connectivity index (χ3n) is 4.68. The van der Waals surface area contributed by atoms with Crippen LogP contribution in [0.3, 0.4) is 0 Å². The van der Waals surface area contributed by atoms with E-state index in [1.54, 1.807) is 0 Å². The molecule has 1 heterocycles. The van der Waals surface area contributed by atoms with E-state index in [1.807, 2.05) is 36.1 Å². The minimum atomic E-state index is 0.208. The number of hydrogen-bond acceptors (Lipinski definition) is 3. The predicted octanol–water partition coefficient (Wildman–Crippen LogP) is 3.80. The van der Waals surface area contributed by atoms with Crippen molar-refractivity contribution in [2.24, 2.45) is 0 Å². The van der Waals surface area contributed by atoms with Crippen molar-refractivity contribution in [3.05, 3.63) is 59.1 Å². The van der Waals surface area contributed by atoms with E-state index in [4.69, 9.17) is 11.6 Å². The van der Waals surface area contributed by atoms with Crippen molar-refractivity contribution in [3.63, 3.8) is 0 Å². The summed E-state index contributed by atoms with van der Waals surface area (Å²) < 4.78 is 0. The minimum Gasteiger partial charge on any atom is -0.384 e. The predicted molar refractivity (Wildman–Crippen MR) is 105 cm³/mol. The van der Waals surface area contributed by atoms with E-state index in [1.165, 1.54) is 5.69 Å². The number of carbonyl (C=O) groups is 1. The average molecular weight is 358 g/mol. The number of benzene rings is 2. The number of hydrogen-bond donors (Lipinski definition) is 1. The van der Waals surface area contributed by atoms with E-state index >= 15 is 0 Å². The Balaban J connectivity index is 1.44. The second-order valence-corrected chi connectivity index (χ2v) is 6.70. The van der Waals surface area contributed by atoms with Crippen molar-refractivity contribution in [1.82, 2.24) is 4.90 Å². The van der Waals surface area contributed by atoms with Gasteiger partial charge in [0.05, 0.1) is 0 Å². The van der Waals surface area contributed by atoms with Crippen LogP contribution >= 0.6 is 11.6 Å². The lowest BCUT2D eigenvalue weighted by molar-refractivity contribution is -0.131. The first-order valence-electron chi connectivity index (χ1n) is 8.72. The molecular formula is C20H24ClN3O. The van der Waals surface area contributed by atoms with Gasteiger partial charge in [-0.1, -0.05) is 35.9 Å². The van der Waals surface area contributed by atoms with Crippen LogP contribution in [0.1, 0.15) is 12.0 Å². The van der Waals surface area contributed by atoms with Gasteiger partial charge in [-0.05, 0) is 36.8 Å². The molecule has 132 valence electrons. The summed E-state index contributed by atoms with van der Waals surface area (Å²) in [5.41, 5.74) is 3.25. The molecule has 1 fully saturated rings. The normalized spacial score (nSPS) is 14.5. The quantitative estimate of drug-likeness (QED) is 0.884. The number of para-hydroxylation sites is 1. The Morgan fingerprint density at radius 1 is 1.04 bits per heavy atom. The van der Waals surface area contributed by atoms with Crippen molar-refractivity contribution in [2.75, 3.05) is 42.9 Å². The smallest absolute Gasteiger partial charge is 0.224 e. The average Bonchev–Trinajstić information content (AvgIpc) is 2.66. The molecule has 0 unspecified atom stereocenters. The molecule has 1 aliphatic heterocycles. The molecule has 2 aromatic carbocycles. The van der Waals surface area contributed by atoms with Crippen LogP contribution in [0.5, 0.6) is 0 Å². The molecule has 0 aliphatic carbocycles. The van der Waals surface area contributed by atoms with Crippen LogP contribution in [0.2, 0.25) is 5.02 Å². The second kappa shape index (κ2) is 8.26. The topological polar surface area (TPSA) is 35.6 Å². The third-order valence-corrected chi connectivity index (χ3v) is 5.09. The fourth-order valence-electron chi connectivity index (χ4n) is 3.11. The van der Waals surface area contributed by atoms with Crippen molar-refractivity contribution in [3.8, 4) is 0 Å². The zero-order chi connectivity index (χ0) is 17.6. The molecule has 4 nitrogen and oxygen atoms in total. The van der Waals surface area contributed by atoms with Gasteiger partial charge in [-0.15, -0.1) is 0 Å². The first-order valence-corrected chi connectivity index (χ1v) is 9.10. The van der Waals surface area contributed by atoms with Gasteiger partial charge in [0.25, 0.3) is 0 Å². The maximum Gasteiger partial charge on any atom is 0.224 e. The Hall–Kier alpha value is -2.20. The van der Waals surface area contributed by atoms with Crippen LogP contribution in [-0.4, -0.2) is 43.5 Å². The first kappa shape index (κ1) is 17.6. The summed E-state index contributed by atoms with van der Waals surface area (Å²) in [4.78, 5) is 16.7. The zero-order valence-corrected chi connectivity index (χ0v) is 15.3. The Labute approximate surface area is 154 Å². The molecule has 3 rings (SSSR count). The molecule has 1 N–H and O–H groups in total. The number of amides is 1. The molecule has 5 heteroatoms. The molecule has 0 atom stereocenters. The van der Waals surface area contributed by atoms with Gasteiger partial charge in [-0.25, -0.2) is 0 Å². The number of piperazine rings is 1. The summed E-state index contributed by atoms with van der Waals surface area (Å²) in [7, 11) is 0. The van der Waals surface area contributed by atoms with E-state index in [9.17, 15) is 4.79 Å². The Kier molecular flexibility index (Phi) is 5.82. The fourth-order valence-corrected chi connectivity index (χ4v) is 3.29. The van der Waals surface area contributed by atoms with E-state index in [-0.39, 0.29) is 5.91 Å². The summed E-state index contributed by atoms with van der Waals surface area (Å²) >= 11 is 6.12. The van der Waals surface area contributed by atoms with Gasteiger partial charge in [0.2, 0.25) is 5.91 Å². The van der Waals surface area contributed by atoms with E-state index in [0.29, 0.717) is 13.0 Å². The maximum absolute atomic E-state index is 12.4. The van der Waals surface area contributed by atoms with Gasteiger partial charge in [0, 0.05) is 55.5 Å². The highest BCUT2D eigenvalue weighted by Gasteiger charge is 2.20. The Morgan fingerprint density at radius 3 is 2.48 bits per heavy atom. The molecule has 1 saturated heterocycles. The SMILES string of the molecule is Cc1c(Cl)cccc1NCCC(=O)N1CCN(c2ccccc2)CC1. The Morgan fingerprint density at radius 2 is 1.76 bits per heavy atom. The van der Waals surface area contributed by atoms with Crippen molar-refractivity contribution in [2.45, 2.75) is 13.3 Å². The monoisotopic (exact) mass is 357 g/mol. The number of anilines is 2. The summed E-state index contributed by atoms with van der Waals surface area (Å²) in [6, 6.07) is 16.2. The number of nitrogens with one attached hydrogen (secondary N) is 1. The summed E-state index contributed by atoms with van der Waals surface area (Å²) in [6.07, 6.45) is 0.497. The molecule has 2 aromatic rings. The molecule has 0 aromatic heterocycles. The molecule has 0 saturated carbocycles. The molecule has 0 bridgehead atoms. The number of halogens is 1. The van der Waals surface area contributed by atoms with E-state index in [0.717, 1.165) is 42.5 Å². The van der Waals surface area contributed by atoms with Gasteiger partial charge in [0.1, 0.15) is 0 Å². The fraction of sp³-hybridized carbons (Fsp3) is 0.350. The highest BCUT2D eigenvalue weighted by molar-refractivity contribution is 6.31. The molecule has 1 aliphatic rings. The summed E-state index contributed by atoms with van der Waals surface area (Å²) in [5.74, 6) is 0.208. The van der Waals surface area contributed by atoms with Crippen LogP contribution in [0.4, 0.5) is 11.4 Å². The molecule has 0 radical (unpaired) electrons. The zero-order valence-electron chi connectivity index (χ0n) is 14.5. The van der Waals surface area contributed by atoms with Crippen molar-refractivity contribution >= 4 is 28.9 Å². The largest absolute Gasteiger partial charge is 0.384 e. The summed E-state index contributed by atoms with van der Waals surface area (Å²) in [6.45, 7) is 5.94. The van der Waals surface area contributed by atoms with E-state index < -0.39 is 0 Å². The van der Waals surface area contributed by atoms with Crippen LogP contribution in [0.25, 0.3) is 0 Å².